The Bertz CT molecular complexity index is 872. The van der Waals surface area contributed by atoms with Gasteiger partial charge in [0, 0.05) is 0 Å². The van der Waals surface area contributed by atoms with Gasteiger partial charge in [0.25, 0.3) is 10.0 Å². The maximum atomic E-state index is 12.3. The number of hydrogen-bond acceptors (Lipinski definition) is 5. The van der Waals surface area contributed by atoms with Crippen LogP contribution in [0.15, 0.2) is 47.4 Å². The van der Waals surface area contributed by atoms with E-state index in [2.05, 4.69) is 14.9 Å². The number of sulfonamides is 1. The van der Waals surface area contributed by atoms with E-state index in [1.165, 1.54) is 11.3 Å². The first-order chi connectivity index (χ1) is 9.54. The van der Waals surface area contributed by atoms with Gasteiger partial charge in [0.05, 0.1) is 4.90 Å². The summed E-state index contributed by atoms with van der Waals surface area (Å²) in [6.07, 6.45) is 0. The van der Waals surface area contributed by atoms with Crippen molar-refractivity contribution in [2.24, 2.45) is 0 Å². The second-order valence-electron chi connectivity index (χ2n) is 4.24. The zero-order valence-corrected chi connectivity index (χ0v) is 12.2. The molecule has 0 aliphatic rings. The molecule has 1 heterocycles. The molecule has 5 nitrogen and oxygen atoms in total. The number of aromatic nitrogens is 2. The summed E-state index contributed by atoms with van der Waals surface area (Å²) in [5.74, 6) is 0. The smallest absolute Gasteiger partial charge is 0.253 e. The fraction of sp³-hybridized carbons (Fsp3) is 0.0769. The average molecular weight is 305 g/mol. The van der Waals surface area contributed by atoms with Gasteiger partial charge in [-0.2, -0.15) is 0 Å². The molecule has 102 valence electrons. The fourth-order valence-corrected chi connectivity index (χ4v) is 3.70. The van der Waals surface area contributed by atoms with Gasteiger partial charge in [-0.05, 0) is 29.8 Å². The van der Waals surface area contributed by atoms with Gasteiger partial charge < -0.3 is 0 Å². The molecule has 2 aromatic carbocycles. The van der Waals surface area contributed by atoms with Crippen LogP contribution in [0.4, 0.5) is 5.13 Å². The molecule has 3 rings (SSSR count). The Hall–Kier alpha value is -1.99. The lowest BCUT2D eigenvalue weighted by molar-refractivity contribution is 0.601. The number of hydrogen-bond donors (Lipinski definition) is 1. The highest BCUT2D eigenvalue weighted by Crippen LogP contribution is 2.22. The van der Waals surface area contributed by atoms with Crippen LogP contribution in [0.5, 0.6) is 0 Å². The van der Waals surface area contributed by atoms with Crippen LogP contribution in [0, 0.1) is 6.92 Å². The summed E-state index contributed by atoms with van der Waals surface area (Å²) in [4.78, 5) is 0.212. The molecule has 1 aromatic heterocycles. The molecule has 1 N–H and O–H groups in total. The summed E-state index contributed by atoms with van der Waals surface area (Å²) in [5, 5.41) is 10.4. The van der Waals surface area contributed by atoms with Crippen molar-refractivity contribution in [3.05, 3.63) is 47.5 Å². The van der Waals surface area contributed by atoms with Crippen molar-refractivity contribution in [3.8, 4) is 0 Å². The molecule has 0 amide bonds. The third kappa shape index (κ3) is 2.50. The van der Waals surface area contributed by atoms with E-state index in [0.717, 1.165) is 10.8 Å². The minimum Gasteiger partial charge on any atom is -0.253 e. The number of benzene rings is 2. The van der Waals surface area contributed by atoms with E-state index in [-0.39, 0.29) is 10.0 Å². The van der Waals surface area contributed by atoms with Gasteiger partial charge in [0.15, 0.2) is 0 Å². The van der Waals surface area contributed by atoms with Gasteiger partial charge in [-0.15, -0.1) is 10.2 Å². The highest BCUT2D eigenvalue weighted by atomic mass is 32.2. The zero-order valence-electron chi connectivity index (χ0n) is 10.6. The second kappa shape index (κ2) is 4.84. The largest absolute Gasteiger partial charge is 0.263 e. The molecule has 0 spiro atoms. The topological polar surface area (TPSA) is 72.0 Å². The molecule has 0 aliphatic carbocycles. The van der Waals surface area contributed by atoms with Crippen molar-refractivity contribution < 1.29 is 8.42 Å². The Morgan fingerprint density at radius 2 is 1.80 bits per heavy atom. The maximum absolute atomic E-state index is 12.3. The van der Waals surface area contributed by atoms with Gasteiger partial charge in [-0.1, -0.05) is 41.7 Å². The average Bonchev–Trinajstić information content (AvgIpc) is 2.83. The number of anilines is 1. The predicted octanol–water partition coefficient (Wildman–Crippen LogP) is 2.80. The third-order valence-electron chi connectivity index (χ3n) is 2.78. The molecule has 7 heteroatoms. The summed E-state index contributed by atoms with van der Waals surface area (Å²) in [6, 6.07) is 12.6. The SMILES string of the molecule is Cc1nnc(NS(=O)(=O)c2ccc3ccccc3c2)s1. The molecule has 3 aromatic rings. The van der Waals surface area contributed by atoms with Gasteiger partial charge in [-0.3, -0.25) is 4.72 Å². The van der Waals surface area contributed by atoms with Crippen LogP contribution in [0.1, 0.15) is 5.01 Å². The number of fused-ring (bicyclic) bond motifs is 1. The Morgan fingerprint density at radius 1 is 1.05 bits per heavy atom. The standard InChI is InChI=1S/C13H11N3O2S2/c1-9-14-15-13(19-9)16-20(17,18)12-7-6-10-4-2-3-5-11(10)8-12/h2-8H,1H3,(H,15,16). The number of nitrogens with one attached hydrogen (secondary N) is 1. The summed E-state index contributed by atoms with van der Waals surface area (Å²) in [6.45, 7) is 1.77. The van der Waals surface area contributed by atoms with Crippen molar-refractivity contribution >= 4 is 37.3 Å². The Balaban J connectivity index is 2.00. The molecule has 0 saturated heterocycles. The molecule has 0 atom stereocenters. The monoisotopic (exact) mass is 305 g/mol. The van der Waals surface area contributed by atoms with E-state index in [1.54, 1.807) is 25.1 Å². The van der Waals surface area contributed by atoms with Gasteiger partial charge >= 0.3 is 0 Å². The molecule has 0 radical (unpaired) electrons. The minimum absolute atomic E-state index is 0.212. The Morgan fingerprint density at radius 3 is 2.50 bits per heavy atom. The van der Waals surface area contributed by atoms with Crippen molar-refractivity contribution in [3.63, 3.8) is 0 Å². The quantitative estimate of drug-likeness (QED) is 0.807. The number of nitrogens with zero attached hydrogens (tertiary/aromatic N) is 2. The van der Waals surface area contributed by atoms with E-state index in [1.807, 2.05) is 24.3 Å². The van der Waals surface area contributed by atoms with Gasteiger partial charge in [-0.25, -0.2) is 8.42 Å². The van der Waals surface area contributed by atoms with Crippen LogP contribution in [-0.4, -0.2) is 18.6 Å². The molecule has 0 unspecified atom stereocenters. The lowest BCUT2D eigenvalue weighted by Gasteiger charge is -2.06. The van der Waals surface area contributed by atoms with E-state index in [0.29, 0.717) is 5.01 Å². The van der Waals surface area contributed by atoms with E-state index < -0.39 is 10.0 Å². The highest BCUT2D eigenvalue weighted by Gasteiger charge is 2.16. The van der Waals surface area contributed by atoms with E-state index in [9.17, 15) is 8.42 Å². The Labute approximate surface area is 120 Å². The van der Waals surface area contributed by atoms with Crippen LogP contribution in [0.3, 0.4) is 0 Å². The first-order valence-electron chi connectivity index (χ1n) is 5.86. The van der Waals surface area contributed by atoms with E-state index >= 15 is 0 Å². The molecular formula is C13H11N3O2S2. The summed E-state index contributed by atoms with van der Waals surface area (Å²) in [5.41, 5.74) is 0. The first-order valence-corrected chi connectivity index (χ1v) is 8.16. The van der Waals surface area contributed by atoms with Crippen molar-refractivity contribution in [2.75, 3.05) is 4.72 Å². The van der Waals surface area contributed by atoms with Gasteiger partial charge in [0.1, 0.15) is 5.01 Å². The molecule has 0 fully saturated rings. The zero-order chi connectivity index (χ0) is 14.2. The molecule has 0 aliphatic heterocycles. The van der Waals surface area contributed by atoms with Gasteiger partial charge in [0.2, 0.25) is 5.13 Å². The highest BCUT2D eigenvalue weighted by molar-refractivity contribution is 7.93. The molecule has 20 heavy (non-hydrogen) atoms. The fourth-order valence-electron chi connectivity index (χ4n) is 1.85. The van der Waals surface area contributed by atoms with Crippen LogP contribution in [0.2, 0.25) is 0 Å². The molecular weight excluding hydrogens is 294 g/mol. The molecule has 0 saturated carbocycles. The lowest BCUT2D eigenvalue weighted by atomic mass is 10.1. The van der Waals surface area contributed by atoms with Crippen LogP contribution in [-0.2, 0) is 10.0 Å². The van der Waals surface area contributed by atoms with Crippen LogP contribution < -0.4 is 4.72 Å². The predicted molar refractivity (Wildman–Crippen MR) is 79.4 cm³/mol. The first kappa shape index (κ1) is 13.0. The van der Waals surface area contributed by atoms with Crippen molar-refractivity contribution in [1.82, 2.24) is 10.2 Å². The van der Waals surface area contributed by atoms with Crippen LogP contribution >= 0.6 is 11.3 Å². The lowest BCUT2D eigenvalue weighted by Crippen LogP contribution is -2.12. The summed E-state index contributed by atoms with van der Waals surface area (Å²) >= 11 is 1.20. The summed E-state index contributed by atoms with van der Waals surface area (Å²) < 4.78 is 27.0. The minimum atomic E-state index is -3.63. The maximum Gasteiger partial charge on any atom is 0.263 e. The second-order valence-corrected chi connectivity index (χ2v) is 7.10. The normalized spacial score (nSPS) is 11.7. The van der Waals surface area contributed by atoms with Crippen molar-refractivity contribution in [2.45, 2.75) is 11.8 Å². The number of aryl methyl sites for hydroxylation is 1. The summed E-state index contributed by atoms with van der Waals surface area (Å²) in [7, 11) is -3.63. The van der Waals surface area contributed by atoms with Crippen molar-refractivity contribution in [1.29, 1.82) is 0 Å². The number of rotatable bonds is 3. The third-order valence-corrected chi connectivity index (χ3v) is 5.00. The molecule has 0 bridgehead atoms. The van der Waals surface area contributed by atoms with E-state index in [4.69, 9.17) is 0 Å². The Kier molecular flexibility index (Phi) is 3.15. The van der Waals surface area contributed by atoms with Crippen LogP contribution in [0.25, 0.3) is 10.8 Å².